The average Bonchev–Trinajstić information content (AvgIpc) is 2.89. The number of amides is 1. The van der Waals surface area contributed by atoms with Crippen molar-refractivity contribution < 1.29 is 23.1 Å². The molecule has 0 spiro atoms. The summed E-state index contributed by atoms with van der Waals surface area (Å²) in [6.45, 7) is 0. The molecule has 1 aliphatic rings. The molecule has 2 aromatic rings. The van der Waals surface area contributed by atoms with Crippen LogP contribution >= 0.6 is 0 Å². The monoisotopic (exact) mass is 361 g/mol. The van der Waals surface area contributed by atoms with Crippen molar-refractivity contribution in [1.82, 2.24) is 0 Å². The number of hydrogen-bond donors (Lipinski definition) is 1. The number of rotatable bonds is 4. The lowest BCUT2D eigenvalue weighted by molar-refractivity contribution is 0.0945. The predicted molar refractivity (Wildman–Crippen MR) is 94.7 cm³/mol. The maximum absolute atomic E-state index is 13.0. The van der Waals surface area contributed by atoms with Gasteiger partial charge in [0.25, 0.3) is 5.91 Å². The Morgan fingerprint density at radius 2 is 1.72 bits per heavy atom. The summed E-state index contributed by atoms with van der Waals surface area (Å²) in [7, 11) is -1.86. The highest BCUT2D eigenvalue weighted by Gasteiger charge is 2.42. The van der Waals surface area contributed by atoms with E-state index in [-0.39, 0.29) is 17.4 Å². The lowest BCUT2D eigenvalue weighted by atomic mass is 10.1. The van der Waals surface area contributed by atoms with E-state index in [0.717, 1.165) is 0 Å². The first kappa shape index (κ1) is 17.4. The topological polar surface area (TPSA) is 83.9 Å². The van der Waals surface area contributed by atoms with Crippen LogP contribution in [0.3, 0.4) is 0 Å². The van der Waals surface area contributed by atoms with Gasteiger partial charge in [0.15, 0.2) is 9.84 Å². The van der Waals surface area contributed by atoms with Crippen molar-refractivity contribution in [2.24, 2.45) is 0 Å². The van der Waals surface area contributed by atoms with Gasteiger partial charge >= 0.3 is 0 Å². The molecule has 0 saturated carbocycles. The third-order valence-corrected chi connectivity index (χ3v) is 5.91. The number of aliphatic hydroxyl groups excluding tert-OH is 1. The number of carbonyl (C=O) groups is 1. The van der Waals surface area contributed by atoms with Crippen LogP contribution in [0.25, 0.3) is 0 Å². The molecular formula is C18H19NO5S. The van der Waals surface area contributed by atoms with Crippen molar-refractivity contribution in [3.8, 4) is 5.75 Å². The molecule has 1 fully saturated rings. The Hall–Kier alpha value is -2.38. The van der Waals surface area contributed by atoms with Gasteiger partial charge in [0.2, 0.25) is 0 Å². The summed E-state index contributed by atoms with van der Waals surface area (Å²) in [5.41, 5.74) is 0.936. The van der Waals surface area contributed by atoms with Crippen molar-refractivity contribution in [3.05, 3.63) is 60.2 Å². The standard InChI is InChI=1S/C18H19NO5S/c1-24-15-9-7-14(8-10-15)19(16-11-25(22,23)12-17(16)20)18(21)13-5-3-2-4-6-13/h2-10,16-17,20H,11-12H2,1H3/t16-,17+/m0/s1. The molecule has 0 aromatic heterocycles. The Morgan fingerprint density at radius 3 is 2.24 bits per heavy atom. The lowest BCUT2D eigenvalue weighted by Gasteiger charge is -2.30. The molecule has 2 atom stereocenters. The van der Waals surface area contributed by atoms with E-state index in [2.05, 4.69) is 0 Å². The highest BCUT2D eigenvalue weighted by molar-refractivity contribution is 7.91. The molecular weight excluding hydrogens is 342 g/mol. The SMILES string of the molecule is COc1ccc(N(C(=O)c2ccccc2)[C@H]2CS(=O)(=O)C[C@H]2O)cc1. The number of anilines is 1. The molecule has 0 radical (unpaired) electrons. The first-order valence-corrected chi connectivity index (χ1v) is 9.64. The Morgan fingerprint density at radius 1 is 1.08 bits per heavy atom. The fourth-order valence-electron chi connectivity index (χ4n) is 2.98. The third kappa shape index (κ3) is 3.67. The van der Waals surface area contributed by atoms with Crippen LogP contribution in [-0.4, -0.2) is 50.2 Å². The quantitative estimate of drug-likeness (QED) is 0.892. The Balaban J connectivity index is 2.03. The maximum Gasteiger partial charge on any atom is 0.258 e. The molecule has 25 heavy (non-hydrogen) atoms. The zero-order chi connectivity index (χ0) is 18.0. The van der Waals surface area contributed by atoms with E-state index in [1.165, 1.54) is 12.0 Å². The van der Waals surface area contributed by atoms with Crippen LogP contribution in [0, 0.1) is 0 Å². The number of carbonyl (C=O) groups excluding carboxylic acids is 1. The van der Waals surface area contributed by atoms with Crippen molar-refractivity contribution >= 4 is 21.4 Å². The normalized spacial score (nSPS) is 21.7. The van der Waals surface area contributed by atoms with Gasteiger partial charge in [-0.25, -0.2) is 8.42 Å². The first-order valence-electron chi connectivity index (χ1n) is 7.82. The van der Waals surface area contributed by atoms with Gasteiger partial charge in [-0.1, -0.05) is 18.2 Å². The van der Waals surface area contributed by atoms with E-state index in [4.69, 9.17) is 4.74 Å². The second-order valence-corrected chi connectivity index (χ2v) is 8.10. The van der Waals surface area contributed by atoms with Crippen LogP contribution in [0.5, 0.6) is 5.75 Å². The van der Waals surface area contributed by atoms with Crippen LogP contribution in [0.15, 0.2) is 54.6 Å². The van der Waals surface area contributed by atoms with Gasteiger partial charge in [0.05, 0.1) is 30.8 Å². The zero-order valence-electron chi connectivity index (χ0n) is 13.7. The molecule has 6 nitrogen and oxygen atoms in total. The summed E-state index contributed by atoms with van der Waals surface area (Å²) >= 11 is 0. The minimum Gasteiger partial charge on any atom is -0.497 e. The smallest absolute Gasteiger partial charge is 0.258 e. The predicted octanol–water partition coefficient (Wildman–Crippen LogP) is 1.50. The highest BCUT2D eigenvalue weighted by Crippen LogP contribution is 2.28. The summed E-state index contributed by atoms with van der Waals surface area (Å²) in [5.74, 6) is -0.340. The number of hydrogen-bond acceptors (Lipinski definition) is 5. The van der Waals surface area contributed by atoms with Gasteiger partial charge in [-0.2, -0.15) is 0 Å². The van der Waals surface area contributed by atoms with Crippen molar-refractivity contribution in [1.29, 1.82) is 0 Å². The third-order valence-electron chi connectivity index (χ3n) is 4.22. The van der Waals surface area contributed by atoms with Crippen molar-refractivity contribution in [2.45, 2.75) is 12.1 Å². The van der Waals surface area contributed by atoms with E-state index in [1.807, 2.05) is 0 Å². The summed E-state index contributed by atoms with van der Waals surface area (Å²) in [5, 5.41) is 10.3. The molecule has 1 aliphatic heterocycles. The molecule has 3 rings (SSSR count). The molecule has 132 valence electrons. The van der Waals surface area contributed by atoms with Crippen molar-refractivity contribution in [3.63, 3.8) is 0 Å². The average molecular weight is 361 g/mol. The number of methoxy groups -OCH3 is 1. The highest BCUT2D eigenvalue weighted by atomic mass is 32.2. The van der Waals surface area contributed by atoms with E-state index in [1.54, 1.807) is 54.6 Å². The molecule has 7 heteroatoms. The Kier molecular flexibility index (Phi) is 4.78. The minimum absolute atomic E-state index is 0.265. The molecule has 0 bridgehead atoms. The Labute approximate surface area is 146 Å². The van der Waals surface area contributed by atoms with Gasteiger partial charge in [0.1, 0.15) is 5.75 Å². The number of nitrogens with zero attached hydrogens (tertiary/aromatic N) is 1. The van der Waals surface area contributed by atoms with E-state index >= 15 is 0 Å². The largest absolute Gasteiger partial charge is 0.497 e. The van der Waals surface area contributed by atoms with E-state index < -0.39 is 22.0 Å². The molecule has 2 aromatic carbocycles. The number of ether oxygens (including phenoxy) is 1. The van der Waals surface area contributed by atoms with Crippen LogP contribution in [0.1, 0.15) is 10.4 Å². The van der Waals surface area contributed by atoms with Crippen LogP contribution in [-0.2, 0) is 9.84 Å². The van der Waals surface area contributed by atoms with E-state index in [9.17, 15) is 18.3 Å². The Bertz CT molecular complexity index is 849. The van der Waals surface area contributed by atoms with Gasteiger partial charge in [-0.05, 0) is 36.4 Å². The molecule has 1 heterocycles. The fraction of sp³-hybridized carbons (Fsp3) is 0.278. The van der Waals surface area contributed by atoms with Gasteiger partial charge in [-0.3, -0.25) is 4.79 Å². The summed E-state index contributed by atoms with van der Waals surface area (Å²) < 4.78 is 29.0. The van der Waals surface area contributed by atoms with Crippen LogP contribution in [0.2, 0.25) is 0 Å². The summed E-state index contributed by atoms with van der Waals surface area (Å²) in [4.78, 5) is 14.4. The molecule has 0 aliphatic carbocycles. The molecule has 1 N–H and O–H groups in total. The van der Waals surface area contributed by atoms with Crippen molar-refractivity contribution in [2.75, 3.05) is 23.5 Å². The summed E-state index contributed by atoms with van der Waals surface area (Å²) in [6.07, 6.45) is -1.13. The van der Waals surface area contributed by atoms with Crippen LogP contribution < -0.4 is 9.64 Å². The molecule has 1 amide bonds. The minimum atomic E-state index is -3.39. The fourth-order valence-corrected chi connectivity index (χ4v) is 4.75. The molecule has 1 saturated heterocycles. The van der Waals surface area contributed by atoms with E-state index in [0.29, 0.717) is 17.0 Å². The molecule has 0 unspecified atom stereocenters. The zero-order valence-corrected chi connectivity index (χ0v) is 14.5. The number of aliphatic hydroxyl groups is 1. The second-order valence-electron chi connectivity index (χ2n) is 5.95. The summed E-state index contributed by atoms with van der Waals surface area (Å²) in [6, 6.07) is 14.5. The van der Waals surface area contributed by atoms with Gasteiger partial charge < -0.3 is 14.7 Å². The van der Waals surface area contributed by atoms with Gasteiger partial charge in [-0.15, -0.1) is 0 Å². The number of sulfone groups is 1. The lowest BCUT2D eigenvalue weighted by Crippen LogP contribution is -2.47. The number of benzene rings is 2. The van der Waals surface area contributed by atoms with Crippen LogP contribution in [0.4, 0.5) is 5.69 Å². The second kappa shape index (κ2) is 6.85. The first-order chi connectivity index (χ1) is 11.9. The maximum atomic E-state index is 13.0. The van der Waals surface area contributed by atoms with Gasteiger partial charge in [0, 0.05) is 11.3 Å².